The lowest BCUT2D eigenvalue weighted by molar-refractivity contribution is -0.138. The van der Waals surface area contributed by atoms with Gasteiger partial charge in [0.25, 0.3) is 0 Å². The van der Waals surface area contributed by atoms with Crippen molar-refractivity contribution in [2.24, 2.45) is 0 Å². The Kier molecular flexibility index (Phi) is 4.39. The molecule has 0 aliphatic rings. The van der Waals surface area contributed by atoms with E-state index >= 15 is 0 Å². The lowest BCUT2D eigenvalue weighted by atomic mass is 10.2. The largest absolute Gasteiger partial charge is 0.458 e. The molecule has 0 saturated carbocycles. The number of carbonyl (C=O) groups is 1. The first kappa shape index (κ1) is 13.0. The van der Waals surface area contributed by atoms with Gasteiger partial charge in [-0.1, -0.05) is 30.3 Å². The highest BCUT2D eigenvalue weighted by atomic mass is 19.1. The Balaban J connectivity index is 1.86. The maximum Gasteiger partial charge on any atom is 0.331 e. The van der Waals surface area contributed by atoms with Crippen molar-refractivity contribution >= 4 is 12.0 Å². The van der Waals surface area contributed by atoms with E-state index in [2.05, 4.69) is 4.98 Å². The lowest BCUT2D eigenvalue weighted by Gasteiger charge is -2.01. The summed E-state index contributed by atoms with van der Waals surface area (Å²) in [7, 11) is 0. The molecule has 0 bridgehead atoms. The van der Waals surface area contributed by atoms with Gasteiger partial charge in [0.1, 0.15) is 12.4 Å². The van der Waals surface area contributed by atoms with Gasteiger partial charge in [0.15, 0.2) is 0 Å². The molecule has 3 nitrogen and oxygen atoms in total. The van der Waals surface area contributed by atoms with E-state index in [1.54, 1.807) is 0 Å². The van der Waals surface area contributed by atoms with E-state index in [-0.39, 0.29) is 6.61 Å². The Morgan fingerprint density at radius 1 is 1.21 bits per heavy atom. The Bertz CT molecular complexity index is 564. The third-order valence-electron chi connectivity index (χ3n) is 2.36. The van der Waals surface area contributed by atoms with Gasteiger partial charge in [-0.05, 0) is 23.8 Å². The molecule has 0 atom stereocenters. The maximum atomic E-state index is 12.6. The average Bonchev–Trinajstić information content (AvgIpc) is 2.45. The number of ether oxygens (including phenoxy) is 1. The molecule has 4 heteroatoms. The molecule has 19 heavy (non-hydrogen) atoms. The van der Waals surface area contributed by atoms with Crippen molar-refractivity contribution in [2.45, 2.75) is 6.61 Å². The van der Waals surface area contributed by atoms with Gasteiger partial charge in [0.2, 0.25) is 0 Å². The van der Waals surface area contributed by atoms with Crippen molar-refractivity contribution in [3.8, 4) is 0 Å². The van der Waals surface area contributed by atoms with Crippen LogP contribution >= 0.6 is 0 Å². The van der Waals surface area contributed by atoms with Gasteiger partial charge >= 0.3 is 5.97 Å². The number of hydrogen-bond acceptors (Lipinski definition) is 3. The van der Waals surface area contributed by atoms with Gasteiger partial charge in [-0.15, -0.1) is 0 Å². The molecule has 0 unspecified atom stereocenters. The molecule has 0 spiro atoms. The molecule has 1 aromatic heterocycles. The summed E-state index contributed by atoms with van der Waals surface area (Å²) >= 11 is 0. The van der Waals surface area contributed by atoms with Crippen LogP contribution in [-0.4, -0.2) is 11.0 Å². The summed E-state index contributed by atoms with van der Waals surface area (Å²) in [5.74, 6) is -0.876. The van der Waals surface area contributed by atoms with Crippen LogP contribution in [0.2, 0.25) is 0 Å². The van der Waals surface area contributed by atoms with Crippen LogP contribution in [0.15, 0.2) is 54.7 Å². The molecule has 1 aromatic carbocycles. The number of hydrogen-bond donors (Lipinski definition) is 0. The molecule has 0 amide bonds. The Morgan fingerprint density at radius 2 is 2.00 bits per heavy atom. The van der Waals surface area contributed by atoms with Gasteiger partial charge in [-0.25, -0.2) is 9.18 Å². The number of esters is 1. The quantitative estimate of drug-likeness (QED) is 0.624. The van der Waals surface area contributed by atoms with E-state index in [9.17, 15) is 9.18 Å². The van der Waals surface area contributed by atoms with Gasteiger partial charge in [-0.2, -0.15) is 0 Å². The fourth-order valence-electron chi connectivity index (χ4n) is 1.42. The summed E-state index contributed by atoms with van der Waals surface area (Å²) in [6.07, 6.45) is 3.84. The second-order valence-electron chi connectivity index (χ2n) is 3.83. The van der Waals surface area contributed by atoms with Crippen LogP contribution < -0.4 is 0 Å². The van der Waals surface area contributed by atoms with E-state index in [0.717, 1.165) is 11.8 Å². The maximum absolute atomic E-state index is 12.6. The molecule has 2 rings (SSSR count). The molecule has 0 aliphatic carbocycles. The highest BCUT2D eigenvalue weighted by molar-refractivity contribution is 5.86. The molecular formula is C15H12FNO2. The van der Waals surface area contributed by atoms with Crippen LogP contribution in [0.1, 0.15) is 11.3 Å². The third kappa shape index (κ3) is 4.35. The van der Waals surface area contributed by atoms with Crippen LogP contribution in [-0.2, 0) is 16.1 Å². The summed E-state index contributed by atoms with van der Waals surface area (Å²) in [6, 6.07) is 12.2. The predicted octanol–water partition coefficient (Wildman–Crippen LogP) is 2.98. The zero-order valence-corrected chi connectivity index (χ0v) is 10.1. The van der Waals surface area contributed by atoms with E-state index in [4.69, 9.17) is 4.74 Å². The minimum atomic E-state index is -0.463. The number of rotatable bonds is 4. The minimum absolute atomic E-state index is 0.223. The van der Waals surface area contributed by atoms with Crippen LogP contribution in [0.5, 0.6) is 0 Å². The highest BCUT2D eigenvalue weighted by Crippen LogP contribution is 2.03. The van der Waals surface area contributed by atoms with Crippen LogP contribution in [0, 0.1) is 5.82 Å². The number of pyridine rings is 1. The average molecular weight is 257 g/mol. The molecule has 0 saturated heterocycles. The molecule has 0 N–H and O–H groups in total. The van der Waals surface area contributed by atoms with E-state index in [1.165, 1.54) is 24.3 Å². The fraction of sp³-hybridized carbons (Fsp3) is 0.0667. The topological polar surface area (TPSA) is 39.2 Å². The van der Waals surface area contributed by atoms with Gasteiger partial charge in [0, 0.05) is 6.08 Å². The van der Waals surface area contributed by atoms with Gasteiger partial charge in [0.05, 0.1) is 11.9 Å². The number of aromatic nitrogens is 1. The monoisotopic (exact) mass is 257 g/mol. The summed E-state index contributed by atoms with van der Waals surface area (Å²) in [6.45, 7) is 0.223. The normalized spacial score (nSPS) is 10.6. The van der Waals surface area contributed by atoms with Crippen molar-refractivity contribution in [3.05, 3.63) is 71.8 Å². The van der Waals surface area contributed by atoms with Gasteiger partial charge in [-0.3, -0.25) is 4.98 Å². The highest BCUT2D eigenvalue weighted by Gasteiger charge is 1.98. The molecular weight excluding hydrogens is 245 g/mol. The third-order valence-corrected chi connectivity index (χ3v) is 2.36. The van der Waals surface area contributed by atoms with Crippen LogP contribution in [0.4, 0.5) is 4.39 Å². The number of nitrogens with zero attached hydrogens (tertiary/aromatic N) is 1. The SMILES string of the molecule is O=C(/C=C/c1ccc(F)cn1)OCc1ccccc1. The molecule has 1 heterocycles. The molecule has 0 aliphatic heterocycles. The number of carbonyl (C=O) groups excluding carboxylic acids is 1. The van der Waals surface area contributed by atoms with E-state index in [1.807, 2.05) is 30.3 Å². The molecule has 2 aromatic rings. The first-order valence-electron chi connectivity index (χ1n) is 5.74. The first-order valence-corrected chi connectivity index (χ1v) is 5.74. The van der Waals surface area contributed by atoms with Crippen molar-refractivity contribution in [1.29, 1.82) is 0 Å². The van der Waals surface area contributed by atoms with Gasteiger partial charge < -0.3 is 4.74 Å². The second-order valence-corrected chi connectivity index (χ2v) is 3.83. The Morgan fingerprint density at radius 3 is 2.68 bits per heavy atom. The predicted molar refractivity (Wildman–Crippen MR) is 69.5 cm³/mol. The first-order chi connectivity index (χ1) is 9.24. The van der Waals surface area contributed by atoms with Crippen LogP contribution in [0.3, 0.4) is 0 Å². The molecule has 0 radical (unpaired) electrons. The zero-order valence-electron chi connectivity index (χ0n) is 10.1. The van der Waals surface area contributed by atoms with Crippen LogP contribution in [0.25, 0.3) is 6.08 Å². The molecule has 0 fully saturated rings. The van der Waals surface area contributed by atoms with E-state index in [0.29, 0.717) is 5.69 Å². The van der Waals surface area contributed by atoms with Crippen molar-refractivity contribution in [1.82, 2.24) is 4.98 Å². The summed E-state index contributed by atoms with van der Waals surface area (Å²) in [5.41, 5.74) is 1.42. The van der Waals surface area contributed by atoms with Crippen molar-refractivity contribution in [3.63, 3.8) is 0 Å². The standard InChI is InChI=1S/C15H12FNO2/c16-13-6-7-14(17-10-13)8-9-15(18)19-11-12-4-2-1-3-5-12/h1-10H,11H2/b9-8+. The Labute approximate surface area is 110 Å². The fourth-order valence-corrected chi connectivity index (χ4v) is 1.42. The summed E-state index contributed by atoms with van der Waals surface area (Å²) in [4.78, 5) is 15.2. The van der Waals surface area contributed by atoms with Crippen molar-refractivity contribution in [2.75, 3.05) is 0 Å². The minimum Gasteiger partial charge on any atom is -0.458 e. The van der Waals surface area contributed by atoms with E-state index < -0.39 is 11.8 Å². The Hall–Kier alpha value is -2.49. The lowest BCUT2D eigenvalue weighted by Crippen LogP contribution is -2.00. The second kappa shape index (κ2) is 6.44. The summed E-state index contributed by atoms with van der Waals surface area (Å²) < 4.78 is 17.7. The molecule has 96 valence electrons. The zero-order chi connectivity index (χ0) is 13.5. The summed E-state index contributed by atoms with van der Waals surface area (Å²) in [5, 5.41) is 0. The smallest absolute Gasteiger partial charge is 0.331 e. The van der Waals surface area contributed by atoms with Crippen molar-refractivity contribution < 1.29 is 13.9 Å². The number of benzene rings is 1. The number of halogens is 1.